The molecule has 3 N–H and O–H groups in total. The minimum absolute atomic E-state index is 0.198. The lowest BCUT2D eigenvalue weighted by Gasteiger charge is -2.06. The molecule has 27 heavy (non-hydrogen) atoms. The van der Waals surface area contributed by atoms with Crippen LogP contribution in [-0.2, 0) is 13.0 Å². The number of rotatable bonds is 7. The van der Waals surface area contributed by atoms with Gasteiger partial charge in [0.2, 0.25) is 0 Å². The van der Waals surface area contributed by atoms with Crippen LogP contribution < -0.4 is 16.0 Å². The second-order valence-electron chi connectivity index (χ2n) is 5.79. The molecular formula is C20H20N4O2S. The van der Waals surface area contributed by atoms with Crippen molar-refractivity contribution in [1.82, 2.24) is 15.6 Å². The van der Waals surface area contributed by atoms with Crippen molar-refractivity contribution in [3.05, 3.63) is 82.3 Å². The molecule has 0 unspecified atom stereocenters. The summed E-state index contributed by atoms with van der Waals surface area (Å²) in [5.41, 5.74) is 2.18. The van der Waals surface area contributed by atoms with Crippen LogP contribution in [0.2, 0.25) is 0 Å². The molecule has 0 aliphatic rings. The monoisotopic (exact) mass is 380 g/mol. The first-order valence-electron chi connectivity index (χ1n) is 8.57. The second kappa shape index (κ2) is 9.49. The van der Waals surface area contributed by atoms with Crippen molar-refractivity contribution >= 4 is 29.0 Å². The summed E-state index contributed by atoms with van der Waals surface area (Å²) in [5.74, 6) is -0.198. The second-order valence-corrected chi connectivity index (χ2v) is 6.73. The lowest BCUT2D eigenvalue weighted by atomic mass is 10.2. The van der Waals surface area contributed by atoms with Gasteiger partial charge in [-0.05, 0) is 17.7 Å². The molecule has 0 spiro atoms. The quantitative estimate of drug-likeness (QED) is 0.587. The van der Waals surface area contributed by atoms with Crippen molar-refractivity contribution < 1.29 is 9.59 Å². The smallest absolute Gasteiger partial charge is 0.319 e. The number of carbonyl (C=O) groups excluding carboxylic acids is 2. The number of benzene rings is 2. The van der Waals surface area contributed by atoms with E-state index in [0.717, 1.165) is 16.3 Å². The molecule has 0 aliphatic carbocycles. The summed E-state index contributed by atoms with van der Waals surface area (Å²) >= 11 is 1.41. The Hall–Kier alpha value is -3.19. The van der Waals surface area contributed by atoms with Gasteiger partial charge in [0.15, 0.2) is 0 Å². The summed E-state index contributed by atoms with van der Waals surface area (Å²) in [7, 11) is 0. The van der Waals surface area contributed by atoms with Crippen LogP contribution >= 0.6 is 11.3 Å². The van der Waals surface area contributed by atoms with E-state index < -0.39 is 0 Å². The minimum atomic E-state index is -0.265. The number of urea groups is 1. The third-order valence-corrected chi connectivity index (χ3v) is 4.64. The SMILES string of the molecule is O=C(NCCc1nc(C(=O)NCc2ccccc2)cs1)Nc1ccccc1. The maximum absolute atomic E-state index is 12.2. The van der Waals surface area contributed by atoms with Crippen LogP contribution in [0.1, 0.15) is 21.1 Å². The predicted molar refractivity (Wildman–Crippen MR) is 107 cm³/mol. The molecule has 0 aliphatic heterocycles. The summed E-state index contributed by atoms with van der Waals surface area (Å²) in [6, 6.07) is 18.7. The number of para-hydroxylation sites is 1. The summed E-state index contributed by atoms with van der Waals surface area (Å²) in [6.07, 6.45) is 0.568. The van der Waals surface area contributed by atoms with Gasteiger partial charge >= 0.3 is 6.03 Å². The highest BCUT2D eigenvalue weighted by atomic mass is 32.1. The van der Waals surface area contributed by atoms with E-state index in [9.17, 15) is 9.59 Å². The van der Waals surface area contributed by atoms with Gasteiger partial charge in [0.05, 0.1) is 5.01 Å². The van der Waals surface area contributed by atoms with Gasteiger partial charge in [0.1, 0.15) is 5.69 Å². The molecule has 0 saturated carbocycles. The van der Waals surface area contributed by atoms with Crippen LogP contribution in [0.5, 0.6) is 0 Å². The fourth-order valence-electron chi connectivity index (χ4n) is 2.38. The highest BCUT2D eigenvalue weighted by molar-refractivity contribution is 7.09. The average Bonchev–Trinajstić information content (AvgIpc) is 3.17. The van der Waals surface area contributed by atoms with Crippen LogP contribution in [0.4, 0.5) is 10.5 Å². The lowest BCUT2D eigenvalue weighted by Crippen LogP contribution is -2.30. The Balaban J connectivity index is 1.41. The van der Waals surface area contributed by atoms with E-state index in [1.807, 2.05) is 60.7 Å². The van der Waals surface area contributed by atoms with Crippen molar-refractivity contribution in [2.75, 3.05) is 11.9 Å². The summed E-state index contributed by atoms with van der Waals surface area (Å²) < 4.78 is 0. The lowest BCUT2D eigenvalue weighted by molar-refractivity contribution is 0.0946. The van der Waals surface area contributed by atoms with E-state index in [1.54, 1.807) is 5.38 Å². The summed E-state index contributed by atoms with van der Waals surface area (Å²) in [5, 5.41) is 10.9. The fourth-order valence-corrected chi connectivity index (χ4v) is 3.16. The van der Waals surface area contributed by atoms with Gasteiger partial charge in [0.25, 0.3) is 5.91 Å². The van der Waals surface area contributed by atoms with E-state index in [4.69, 9.17) is 0 Å². The zero-order valence-corrected chi connectivity index (χ0v) is 15.5. The molecule has 3 amide bonds. The molecule has 0 atom stereocenters. The first kappa shape index (κ1) is 18.6. The summed E-state index contributed by atoms with van der Waals surface area (Å²) in [4.78, 5) is 28.3. The fraction of sp³-hybridized carbons (Fsp3) is 0.150. The normalized spacial score (nSPS) is 10.2. The molecule has 2 aromatic carbocycles. The van der Waals surface area contributed by atoms with Crippen LogP contribution in [0, 0.1) is 0 Å². The van der Waals surface area contributed by atoms with Crippen molar-refractivity contribution in [2.45, 2.75) is 13.0 Å². The number of anilines is 1. The van der Waals surface area contributed by atoms with Crippen molar-refractivity contribution in [3.8, 4) is 0 Å². The molecule has 6 nitrogen and oxygen atoms in total. The van der Waals surface area contributed by atoms with Gasteiger partial charge in [0, 0.05) is 30.6 Å². The number of hydrogen-bond acceptors (Lipinski definition) is 4. The topological polar surface area (TPSA) is 83.1 Å². The van der Waals surface area contributed by atoms with Gasteiger partial charge < -0.3 is 16.0 Å². The molecule has 7 heteroatoms. The van der Waals surface area contributed by atoms with Gasteiger partial charge in [-0.15, -0.1) is 11.3 Å². The van der Waals surface area contributed by atoms with E-state index in [-0.39, 0.29) is 11.9 Å². The molecule has 3 aromatic rings. The Morgan fingerprint density at radius 1 is 0.926 bits per heavy atom. The molecule has 0 bridgehead atoms. The average molecular weight is 380 g/mol. The number of thiazole rings is 1. The third-order valence-electron chi connectivity index (χ3n) is 3.74. The molecular weight excluding hydrogens is 360 g/mol. The maximum Gasteiger partial charge on any atom is 0.319 e. The van der Waals surface area contributed by atoms with Crippen molar-refractivity contribution in [3.63, 3.8) is 0 Å². The Kier molecular flexibility index (Phi) is 6.54. The molecule has 138 valence electrons. The Bertz CT molecular complexity index is 881. The van der Waals surface area contributed by atoms with Crippen LogP contribution in [0.15, 0.2) is 66.0 Å². The van der Waals surface area contributed by atoms with E-state index in [1.165, 1.54) is 11.3 Å². The number of hydrogen-bond donors (Lipinski definition) is 3. The van der Waals surface area contributed by atoms with Crippen molar-refractivity contribution in [2.24, 2.45) is 0 Å². The zero-order chi connectivity index (χ0) is 18.9. The molecule has 0 fully saturated rings. The number of amides is 3. The van der Waals surface area contributed by atoms with Crippen LogP contribution in [0.3, 0.4) is 0 Å². The molecule has 1 aromatic heterocycles. The maximum atomic E-state index is 12.2. The molecule has 1 heterocycles. The van der Waals surface area contributed by atoms with E-state index >= 15 is 0 Å². The molecule has 0 saturated heterocycles. The first-order valence-corrected chi connectivity index (χ1v) is 9.45. The number of aromatic nitrogens is 1. The third kappa shape index (κ3) is 5.93. The van der Waals surface area contributed by atoms with Gasteiger partial charge in [-0.3, -0.25) is 4.79 Å². The van der Waals surface area contributed by atoms with Gasteiger partial charge in [-0.2, -0.15) is 0 Å². The standard InChI is InChI=1S/C20H20N4O2S/c25-19(22-13-15-7-3-1-4-8-15)17-14-27-18(24-17)11-12-21-20(26)23-16-9-5-2-6-10-16/h1-10,14H,11-13H2,(H,22,25)(H2,21,23,26). The highest BCUT2D eigenvalue weighted by Crippen LogP contribution is 2.11. The highest BCUT2D eigenvalue weighted by Gasteiger charge is 2.10. The number of nitrogens with zero attached hydrogens (tertiary/aromatic N) is 1. The Morgan fingerprint density at radius 2 is 1.63 bits per heavy atom. The van der Waals surface area contributed by atoms with E-state index in [2.05, 4.69) is 20.9 Å². The van der Waals surface area contributed by atoms with Crippen molar-refractivity contribution in [1.29, 1.82) is 0 Å². The number of nitrogens with one attached hydrogen (secondary N) is 3. The Morgan fingerprint density at radius 3 is 2.37 bits per heavy atom. The van der Waals surface area contributed by atoms with E-state index in [0.29, 0.717) is 25.2 Å². The molecule has 0 radical (unpaired) electrons. The largest absolute Gasteiger partial charge is 0.347 e. The van der Waals surface area contributed by atoms with Crippen LogP contribution in [0.25, 0.3) is 0 Å². The number of carbonyl (C=O) groups is 2. The zero-order valence-electron chi connectivity index (χ0n) is 14.6. The first-order chi connectivity index (χ1) is 13.2. The Labute approximate surface area is 161 Å². The van der Waals surface area contributed by atoms with Gasteiger partial charge in [-0.1, -0.05) is 48.5 Å². The van der Waals surface area contributed by atoms with Crippen LogP contribution in [-0.4, -0.2) is 23.5 Å². The molecule has 3 rings (SSSR count). The minimum Gasteiger partial charge on any atom is -0.347 e. The van der Waals surface area contributed by atoms with Gasteiger partial charge in [-0.25, -0.2) is 9.78 Å². The predicted octanol–water partition coefficient (Wildman–Crippen LogP) is 3.44. The summed E-state index contributed by atoms with van der Waals surface area (Å²) in [6.45, 7) is 0.908.